The van der Waals surface area contributed by atoms with E-state index in [1.54, 1.807) is 0 Å². The summed E-state index contributed by atoms with van der Waals surface area (Å²) in [5.74, 6) is 2.89. The molecule has 96 valence electrons. The molecule has 2 unspecified atom stereocenters. The average Bonchev–Trinajstić information content (AvgIpc) is 2.87. The zero-order valence-electron chi connectivity index (χ0n) is 10.8. The number of rotatable bonds is 4. The van der Waals surface area contributed by atoms with Crippen molar-refractivity contribution in [1.82, 2.24) is 15.2 Å². The van der Waals surface area contributed by atoms with Crippen LogP contribution < -0.4 is 10.6 Å². The van der Waals surface area contributed by atoms with Crippen molar-refractivity contribution in [3.05, 3.63) is 5.82 Å². The van der Waals surface area contributed by atoms with E-state index in [0.29, 0.717) is 11.8 Å². The summed E-state index contributed by atoms with van der Waals surface area (Å²) in [5, 5.41) is 7.38. The number of hydrogen-bond donors (Lipinski definition) is 2. The Morgan fingerprint density at radius 2 is 2.41 bits per heavy atom. The third kappa shape index (κ3) is 2.77. The standard InChI is InChI=1S/C12H23N5/c1-3-9(2)11-14-12(16-15-11)17-6-4-5-10(7-13)8-17/h9-10H,3-8,13H2,1-2H3,(H,14,15,16). The monoisotopic (exact) mass is 237 g/mol. The predicted octanol–water partition coefficient (Wildman–Crippen LogP) is 1.49. The van der Waals surface area contributed by atoms with Crippen molar-refractivity contribution in [3.8, 4) is 0 Å². The first-order chi connectivity index (χ1) is 8.24. The summed E-state index contributed by atoms with van der Waals surface area (Å²) in [7, 11) is 0. The van der Waals surface area contributed by atoms with Crippen molar-refractivity contribution in [2.45, 2.75) is 39.0 Å². The van der Waals surface area contributed by atoms with Gasteiger partial charge in [-0.3, -0.25) is 5.10 Å². The summed E-state index contributed by atoms with van der Waals surface area (Å²) in [4.78, 5) is 6.85. The molecule has 0 radical (unpaired) electrons. The summed E-state index contributed by atoms with van der Waals surface area (Å²) in [6.45, 7) is 7.14. The summed E-state index contributed by atoms with van der Waals surface area (Å²) < 4.78 is 0. The maximum Gasteiger partial charge on any atom is 0.244 e. The SMILES string of the molecule is CCC(C)c1nc(N2CCCC(CN)C2)n[nH]1. The Morgan fingerprint density at radius 3 is 3.12 bits per heavy atom. The first-order valence-electron chi connectivity index (χ1n) is 6.61. The predicted molar refractivity (Wildman–Crippen MR) is 69.1 cm³/mol. The molecule has 0 saturated carbocycles. The molecular formula is C12H23N5. The molecule has 0 bridgehead atoms. The number of nitrogens with zero attached hydrogens (tertiary/aromatic N) is 3. The van der Waals surface area contributed by atoms with Gasteiger partial charge in [0.25, 0.3) is 0 Å². The van der Waals surface area contributed by atoms with Gasteiger partial charge in [0, 0.05) is 19.0 Å². The van der Waals surface area contributed by atoms with Crippen LogP contribution in [0.3, 0.4) is 0 Å². The molecule has 0 aromatic carbocycles. The van der Waals surface area contributed by atoms with Crippen molar-refractivity contribution < 1.29 is 0 Å². The number of anilines is 1. The Kier molecular flexibility index (Phi) is 3.99. The molecule has 1 aliphatic rings. The van der Waals surface area contributed by atoms with Crippen molar-refractivity contribution in [3.63, 3.8) is 0 Å². The Morgan fingerprint density at radius 1 is 1.59 bits per heavy atom. The second-order valence-electron chi connectivity index (χ2n) is 5.02. The molecule has 17 heavy (non-hydrogen) atoms. The molecular weight excluding hydrogens is 214 g/mol. The quantitative estimate of drug-likeness (QED) is 0.832. The van der Waals surface area contributed by atoms with E-state index in [2.05, 4.69) is 33.9 Å². The Labute approximate surface area is 103 Å². The lowest BCUT2D eigenvalue weighted by atomic mass is 9.99. The summed E-state index contributed by atoms with van der Waals surface area (Å²) in [6.07, 6.45) is 3.50. The molecule has 0 spiro atoms. The number of hydrogen-bond acceptors (Lipinski definition) is 4. The molecule has 0 aliphatic carbocycles. The summed E-state index contributed by atoms with van der Waals surface area (Å²) >= 11 is 0. The highest BCUT2D eigenvalue weighted by molar-refractivity contribution is 5.30. The molecule has 3 N–H and O–H groups in total. The Bertz CT molecular complexity index is 348. The summed E-state index contributed by atoms with van der Waals surface area (Å²) in [6, 6.07) is 0. The van der Waals surface area contributed by atoms with Gasteiger partial charge in [-0.05, 0) is 31.7 Å². The number of nitrogens with two attached hydrogens (primary N) is 1. The van der Waals surface area contributed by atoms with Crippen LogP contribution in [0.4, 0.5) is 5.95 Å². The molecule has 2 rings (SSSR count). The van der Waals surface area contributed by atoms with Gasteiger partial charge < -0.3 is 10.6 Å². The van der Waals surface area contributed by atoms with E-state index in [0.717, 1.165) is 37.8 Å². The minimum atomic E-state index is 0.450. The van der Waals surface area contributed by atoms with Crippen LogP contribution in [-0.4, -0.2) is 34.8 Å². The minimum absolute atomic E-state index is 0.450. The Hall–Kier alpha value is -1.10. The molecule has 2 heterocycles. The summed E-state index contributed by atoms with van der Waals surface area (Å²) in [5.41, 5.74) is 5.74. The lowest BCUT2D eigenvalue weighted by molar-refractivity contribution is 0.419. The van der Waals surface area contributed by atoms with E-state index in [9.17, 15) is 0 Å². The maximum atomic E-state index is 5.74. The number of aromatic amines is 1. The minimum Gasteiger partial charge on any atom is -0.339 e. The van der Waals surface area contributed by atoms with Crippen molar-refractivity contribution in [2.75, 3.05) is 24.5 Å². The average molecular weight is 237 g/mol. The third-order valence-electron chi connectivity index (χ3n) is 3.71. The van der Waals surface area contributed by atoms with E-state index < -0.39 is 0 Å². The van der Waals surface area contributed by atoms with Crippen LogP contribution in [0.25, 0.3) is 0 Å². The van der Waals surface area contributed by atoms with Gasteiger partial charge >= 0.3 is 0 Å². The zero-order chi connectivity index (χ0) is 12.3. The molecule has 5 heteroatoms. The molecule has 5 nitrogen and oxygen atoms in total. The fraction of sp³-hybridized carbons (Fsp3) is 0.833. The molecule has 2 atom stereocenters. The number of H-pyrrole nitrogens is 1. The van der Waals surface area contributed by atoms with Crippen LogP contribution in [0.15, 0.2) is 0 Å². The lowest BCUT2D eigenvalue weighted by Crippen LogP contribution is -2.39. The van der Waals surface area contributed by atoms with Crippen molar-refractivity contribution in [1.29, 1.82) is 0 Å². The van der Waals surface area contributed by atoms with E-state index in [-0.39, 0.29) is 0 Å². The third-order valence-corrected chi connectivity index (χ3v) is 3.71. The largest absolute Gasteiger partial charge is 0.339 e. The highest BCUT2D eigenvalue weighted by Gasteiger charge is 2.22. The lowest BCUT2D eigenvalue weighted by Gasteiger charge is -2.31. The zero-order valence-corrected chi connectivity index (χ0v) is 10.8. The van der Waals surface area contributed by atoms with Crippen molar-refractivity contribution >= 4 is 5.95 Å². The highest BCUT2D eigenvalue weighted by atomic mass is 15.4. The van der Waals surface area contributed by atoms with Crippen LogP contribution >= 0.6 is 0 Å². The molecule has 1 aliphatic heterocycles. The second kappa shape index (κ2) is 5.49. The number of nitrogens with one attached hydrogen (secondary N) is 1. The van der Waals surface area contributed by atoms with Crippen LogP contribution in [0.5, 0.6) is 0 Å². The second-order valence-corrected chi connectivity index (χ2v) is 5.02. The van der Waals surface area contributed by atoms with Gasteiger partial charge in [-0.2, -0.15) is 4.98 Å². The van der Waals surface area contributed by atoms with E-state index in [1.165, 1.54) is 12.8 Å². The molecule has 0 amide bonds. The van der Waals surface area contributed by atoms with E-state index in [4.69, 9.17) is 5.73 Å². The van der Waals surface area contributed by atoms with Gasteiger partial charge in [-0.1, -0.05) is 13.8 Å². The van der Waals surface area contributed by atoms with E-state index in [1.807, 2.05) is 0 Å². The topological polar surface area (TPSA) is 70.8 Å². The Balaban J connectivity index is 2.04. The van der Waals surface area contributed by atoms with Crippen molar-refractivity contribution in [2.24, 2.45) is 11.7 Å². The smallest absolute Gasteiger partial charge is 0.244 e. The normalized spacial score (nSPS) is 22.8. The highest BCUT2D eigenvalue weighted by Crippen LogP contribution is 2.21. The number of aromatic nitrogens is 3. The molecule has 1 fully saturated rings. The van der Waals surface area contributed by atoms with Crippen LogP contribution in [0.1, 0.15) is 44.9 Å². The van der Waals surface area contributed by atoms with Gasteiger partial charge in [0.1, 0.15) is 5.82 Å². The van der Waals surface area contributed by atoms with Crippen LogP contribution in [0.2, 0.25) is 0 Å². The van der Waals surface area contributed by atoms with Crippen LogP contribution in [-0.2, 0) is 0 Å². The molecule has 1 saturated heterocycles. The van der Waals surface area contributed by atoms with Gasteiger partial charge in [0.2, 0.25) is 5.95 Å². The fourth-order valence-electron chi connectivity index (χ4n) is 2.26. The van der Waals surface area contributed by atoms with Gasteiger partial charge in [0.15, 0.2) is 0 Å². The number of piperidine rings is 1. The molecule has 1 aromatic heterocycles. The van der Waals surface area contributed by atoms with Gasteiger partial charge in [-0.25, -0.2) is 0 Å². The first kappa shape index (κ1) is 12.4. The van der Waals surface area contributed by atoms with Gasteiger partial charge in [-0.15, -0.1) is 5.10 Å². The van der Waals surface area contributed by atoms with Crippen LogP contribution in [0, 0.1) is 5.92 Å². The fourth-order valence-corrected chi connectivity index (χ4v) is 2.26. The van der Waals surface area contributed by atoms with E-state index >= 15 is 0 Å². The van der Waals surface area contributed by atoms with Gasteiger partial charge in [0.05, 0.1) is 0 Å². The molecule has 1 aromatic rings. The maximum absolute atomic E-state index is 5.74. The first-order valence-corrected chi connectivity index (χ1v) is 6.61.